The van der Waals surface area contributed by atoms with Crippen LogP contribution < -0.4 is 16.0 Å². The van der Waals surface area contributed by atoms with Crippen LogP contribution in [0.1, 0.15) is 53.1 Å². The minimum Gasteiger partial charge on any atom is -0.465 e. The Balaban J connectivity index is 1.12. The minimum atomic E-state index is -0.744. The first-order valence-corrected chi connectivity index (χ1v) is 21.1. The number of ether oxygens (including phenoxy) is 1. The zero-order valence-electron chi connectivity index (χ0n) is 31.7. The summed E-state index contributed by atoms with van der Waals surface area (Å²) in [6.07, 6.45) is 2.11. The lowest BCUT2D eigenvalue weighted by Gasteiger charge is -2.27. The van der Waals surface area contributed by atoms with Gasteiger partial charge in [-0.3, -0.25) is 19.3 Å². The van der Waals surface area contributed by atoms with Crippen molar-refractivity contribution in [1.82, 2.24) is 10.2 Å². The van der Waals surface area contributed by atoms with Crippen LogP contribution in [0.15, 0.2) is 144 Å². The molecule has 13 heteroatoms. The van der Waals surface area contributed by atoms with Crippen LogP contribution in [0.3, 0.4) is 0 Å². The number of benzene rings is 5. The van der Waals surface area contributed by atoms with E-state index in [1.807, 2.05) is 54.6 Å². The number of rotatable bonds is 13. The molecule has 0 bridgehead atoms. The van der Waals surface area contributed by atoms with Gasteiger partial charge in [0.2, 0.25) is 5.91 Å². The lowest BCUT2D eigenvalue weighted by atomic mass is 10.0. The molecule has 5 aromatic carbocycles. The van der Waals surface area contributed by atoms with E-state index in [0.717, 1.165) is 29.1 Å². The zero-order valence-corrected chi connectivity index (χ0v) is 34.9. The Hall–Kier alpha value is -5.69. The largest absolute Gasteiger partial charge is 0.465 e. The fourth-order valence-corrected chi connectivity index (χ4v) is 9.36. The molecule has 1 unspecified atom stereocenters. The maximum Gasteiger partial charge on any atom is 0.341 e. The average molecular weight is 862 g/mol. The Kier molecular flexibility index (Phi) is 13.6. The smallest absolute Gasteiger partial charge is 0.341 e. The van der Waals surface area contributed by atoms with Crippen molar-refractivity contribution in [2.45, 2.75) is 29.7 Å². The van der Waals surface area contributed by atoms with E-state index in [4.69, 9.17) is 27.9 Å². The Morgan fingerprint density at radius 1 is 0.847 bits per heavy atom. The van der Waals surface area contributed by atoms with Crippen molar-refractivity contribution in [2.75, 3.05) is 24.3 Å². The minimum absolute atomic E-state index is 0.0640. The van der Waals surface area contributed by atoms with Crippen LogP contribution in [0.2, 0.25) is 10.0 Å². The summed E-state index contributed by atoms with van der Waals surface area (Å²) >= 11 is 15.4. The number of nitrogens with one attached hydrogen (secondary N) is 3. The van der Waals surface area contributed by atoms with E-state index in [2.05, 4.69) is 33.0 Å². The van der Waals surface area contributed by atoms with Gasteiger partial charge in [-0.15, -0.1) is 23.1 Å². The number of anilines is 2. The normalized spacial score (nSPS) is 13.2. The zero-order chi connectivity index (χ0) is 41.3. The van der Waals surface area contributed by atoms with E-state index < -0.39 is 23.0 Å². The number of nitrogens with zero attached hydrogens (tertiary/aromatic N) is 1. The Morgan fingerprint density at radius 3 is 2.27 bits per heavy atom. The molecule has 7 rings (SSSR count). The van der Waals surface area contributed by atoms with Gasteiger partial charge in [0, 0.05) is 40.7 Å². The molecule has 0 fully saturated rings. The molecule has 0 saturated carbocycles. The maximum atomic E-state index is 14.4. The summed E-state index contributed by atoms with van der Waals surface area (Å²) in [7, 11) is 1.35. The van der Waals surface area contributed by atoms with Crippen molar-refractivity contribution in [3.8, 4) is 0 Å². The number of thioether (sulfide) groups is 1. The van der Waals surface area contributed by atoms with Crippen molar-refractivity contribution in [1.29, 1.82) is 0 Å². The highest BCUT2D eigenvalue weighted by molar-refractivity contribution is 8.00. The third-order valence-corrected chi connectivity index (χ3v) is 12.7. The molecular weight excluding hydrogens is 824 g/mol. The third kappa shape index (κ3) is 10.3. The first-order chi connectivity index (χ1) is 28.7. The highest BCUT2D eigenvalue weighted by atomic mass is 35.5. The predicted molar refractivity (Wildman–Crippen MR) is 237 cm³/mol. The van der Waals surface area contributed by atoms with E-state index in [9.17, 15) is 19.2 Å². The molecule has 3 amide bonds. The van der Waals surface area contributed by atoms with Crippen molar-refractivity contribution >= 4 is 86.8 Å². The summed E-state index contributed by atoms with van der Waals surface area (Å²) < 4.78 is 5.22. The van der Waals surface area contributed by atoms with Crippen molar-refractivity contribution < 1.29 is 23.9 Å². The predicted octanol–water partition coefficient (Wildman–Crippen LogP) is 10.3. The molecule has 1 aromatic heterocycles. The number of fused-ring (bicyclic) bond motifs is 1. The van der Waals surface area contributed by atoms with Crippen LogP contribution >= 0.6 is 46.3 Å². The van der Waals surface area contributed by atoms with Crippen LogP contribution in [0.4, 0.5) is 10.7 Å². The van der Waals surface area contributed by atoms with E-state index in [0.29, 0.717) is 50.3 Å². The molecule has 1 aliphatic rings. The molecule has 6 aromatic rings. The molecule has 9 nitrogen and oxygen atoms in total. The summed E-state index contributed by atoms with van der Waals surface area (Å²) in [5.41, 5.74) is 4.39. The Labute approximate surface area is 360 Å². The Bertz CT molecular complexity index is 2520. The maximum absolute atomic E-state index is 14.4. The second-order valence-electron chi connectivity index (χ2n) is 13.5. The standard InChI is InChI=1S/C46H38Cl2N4O5S2/c1-57-46(56)39-35-23-24-52(27-29-13-5-2-6-14-29)28-38(35)59-45(39)51-44(55)41(30-15-7-3-8-16-30)58-34-21-12-20-33(26-34)49-43(54)37(25-32-19-11-22-36(47)40(32)48)50-42(53)31-17-9-4-10-18-31/h2-22,25-26,41H,23-24,27-28H2,1H3,(H,49,54)(H,50,53)(H,51,55)/b37-25+. The fraction of sp³-hybridized carbons (Fsp3) is 0.130. The quantitative estimate of drug-likeness (QED) is 0.0602. The summed E-state index contributed by atoms with van der Waals surface area (Å²) in [5, 5.41) is 8.92. The SMILES string of the molecule is COC(=O)c1c(NC(=O)C(Sc2cccc(NC(=O)/C(=C\c3cccc(Cl)c3Cl)NC(=O)c3ccccc3)c2)c2ccccc2)sc2c1CCN(Cc1ccccc1)C2. The summed E-state index contributed by atoms with van der Waals surface area (Å²) in [6, 6.07) is 40.2. The van der Waals surface area contributed by atoms with Gasteiger partial charge >= 0.3 is 5.97 Å². The highest BCUT2D eigenvalue weighted by Crippen LogP contribution is 2.41. The molecule has 2 heterocycles. The monoisotopic (exact) mass is 860 g/mol. The van der Waals surface area contributed by atoms with Crippen molar-refractivity contribution in [3.05, 3.63) is 187 Å². The van der Waals surface area contributed by atoms with Gasteiger partial charge in [0.15, 0.2) is 0 Å². The average Bonchev–Trinajstić information content (AvgIpc) is 3.61. The van der Waals surface area contributed by atoms with Gasteiger partial charge in [-0.1, -0.05) is 120 Å². The van der Waals surface area contributed by atoms with E-state index in [1.54, 1.807) is 66.7 Å². The van der Waals surface area contributed by atoms with Crippen molar-refractivity contribution in [2.24, 2.45) is 0 Å². The molecule has 1 atom stereocenters. The van der Waals surface area contributed by atoms with Gasteiger partial charge < -0.3 is 20.7 Å². The topological polar surface area (TPSA) is 117 Å². The number of methoxy groups -OCH3 is 1. The number of hydrogen-bond acceptors (Lipinski definition) is 8. The fourth-order valence-electron chi connectivity index (χ4n) is 6.63. The molecule has 0 saturated heterocycles. The first-order valence-electron chi connectivity index (χ1n) is 18.6. The molecular formula is C46H38Cl2N4O5S2. The van der Waals surface area contributed by atoms with Crippen LogP contribution in [-0.4, -0.2) is 42.2 Å². The molecule has 0 radical (unpaired) electrons. The van der Waals surface area contributed by atoms with Gasteiger partial charge in [0.1, 0.15) is 15.9 Å². The number of hydrogen-bond donors (Lipinski definition) is 3. The second kappa shape index (κ2) is 19.4. The summed E-state index contributed by atoms with van der Waals surface area (Å²) in [5.74, 6) is -1.91. The second-order valence-corrected chi connectivity index (χ2v) is 16.6. The van der Waals surface area contributed by atoms with Gasteiger partial charge in [-0.25, -0.2) is 4.79 Å². The van der Waals surface area contributed by atoms with Crippen LogP contribution in [0.25, 0.3) is 6.08 Å². The summed E-state index contributed by atoms with van der Waals surface area (Å²) in [6.45, 7) is 2.18. The molecule has 0 aliphatic carbocycles. The number of carbonyl (C=O) groups excluding carboxylic acids is 4. The number of esters is 1. The van der Waals surface area contributed by atoms with Gasteiger partial charge in [0.25, 0.3) is 11.8 Å². The van der Waals surface area contributed by atoms with Crippen LogP contribution in [0, 0.1) is 0 Å². The molecule has 59 heavy (non-hydrogen) atoms. The van der Waals surface area contributed by atoms with E-state index >= 15 is 0 Å². The van der Waals surface area contributed by atoms with Gasteiger partial charge in [-0.05, 0) is 71.1 Å². The number of thiophene rings is 1. The van der Waals surface area contributed by atoms with Crippen molar-refractivity contribution in [3.63, 3.8) is 0 Å². The lowest BCUT2D eigenvalue weighted by molar-refractivity contribution is -0.116. The van der Waals surface area contributed by atoms with Gasteiger partial charge in [0.05, 0.1) is 22.7 Å². The first kappa shape index (κ1) is 41.5. The number of carbonyl (C=O) groups is 4. The molecule has 0 spiro atoms. The highest BCUT2D eigenvalue weighted by Gasteiger charge is 2.31. The Morgan fingerprint density at radius 2 is 1.54 bits per heavy atom. The molecule has 298 valence electrons. The van der Waals surface area contributed by atoms with Crippen LogP contribution in [-0.2, 0) is 33.8 Å². The van der Waals surface area contributed by atoms with E-state index in [-0.39, 0.29) is 16.6 Å². The van der Waals surface area contributed by atoms with E-state index in [1.165, 1.54) is 41.8 Å². The summed E-state index contributed by atoms with van der Waals surface area (Å²) in [4.78, 5) is 58.7. The molecule has 3 N–H and O–H groups in total. The number of halogens is 2. The molecule has 1 aliphatic heterocycles. The lowest BCUT2D eigenvalue weighted by Crippen LogP contribution is -2.30. The number of amides is 3. The third-order valence-electron chi connectivity index (χ3n) is 9.51. The van der Waals surface area contributed by atoms with Gasteiger partial charge in [-0.2, -0.15) is 0 Å². The van der Waals surface area contributed by atoms with Crippen LogP contribution in [0.5, 0.6) is 0 Å².